The third-order valence-corrected chi connectivity index (χ3v) is 3.94. The van der Waals surface area contributed by atoms with Crippen LogP contribution in [-0.2, 0) is 13.0 Å². The predicted molar refractivity (Wildman–Crippen MR) is 64.8 cm³/mol. The third-order valence-electron chi connectivity index (χ3n) is 3.94. The molecule has 0 aliphatic carbocycles. The molecule has 0 saturated heterocycles. The molecular formula is C14H21N. The lowest BCUT2D eigenvalue weighted by Gasteiger charge is -2.38. The number of benzene rings is 1. The van der Waals surface area contributed by atoms with Crippen molar-refractivity contribution in [3.63, 3.8) is 0 Å². The van der Waals surface area contributed by atoms with Crippen LogP contribution >= 0.6 is 0 Å². The first kappa shape index (κ1) is 10.7. The van der Waals surface area contributed by atoms with E-state index in [2.05, 4.69) is 50.4 Å². The number of nitrogens with one attached hydrogen (secondary N) is 1. The molecule has 1 unspecified atom stereocenters. The summed E-state index contributed by atoms with van der Waals surface area (Å²) in [7, 11) is 0. The van der Waals surface area contributed by atoms with Gasteiger partial charge in [0, 0.05) is 12.6 Å². The van der Waals surface area contributed by atoms with Gasteiger partial charge >= 0.3 is 0 Å². The summed E-state index contributed by atoms with van der Waals surface area (Å²) in [5.41, 5.74) is 3.40. The van der Waals surface area contributed by atoms with Crippen LogP contribution in [0.2, 0.25) is 0 Å². The zero-order valence-corrected chi connectivity index (χ0v) is 10.0. The smallest absolute Gasteiger partial charge is 0.0211 e. The van der Waals surface area contributed by atoms with Gasteiger partial charge in [-0.05, 0) is 29.4 Å². The van der Waals surface area contributed by atoms with E-state index in [0.717, 1.165) is 6.54 Å². The van der Waals surface area contributed by atoms with Crippen molar-refractivity contribution in [3.05, 3.63) is 35.4 Å². The van der Waals surface area contributed by atoms with E-state index in [1.165, 1.54) is 24.0 Å². The molecule has 0 saturated carbocycles. The van der Waals surface area contributed by atoms with Crippen molar-refractivity contribution >= 4 is 0 Å². The molecule has 1 N–H and O–H groups in total. The van der Waals surface area contributed by atoms with Crippen molar-refractivity contribution in [2.24, 2.45) is 5.41 Å². The molecule has 2 rings (SSSR count). The van der Waals surface area contributed by atoms with Crippen LogP contribution in [0.1, 0.15) is 38.3 Å². The zero-order chi connectivity index (χ0) is 10.9. The van der Waals surface area contributed by atoms with Crippen LogP contribution in [0.4, 0.5) is 0 Å². The Kier molecular flexibility index (Phi) is 2.83. The molecule has 0 bridgehead atoms. The first-order valence-electron chi connectivity index (χ1n) is 5.93. The van der Waals surface area contributed by atoms with Gasteiger partial charge in [0.05, 0.1) is 0 Å². The lowest BCUT2D eigenvalue weighted by Crippen LogP contribution is -2.45. The molecular weight excluding hydrogens is 182 g/mol. The molecule has 0 amide bonds. The second-order valence-corrected chi connectivity index (χ2v) is 5.25. The van der Waals surface area contributed by atoms with Gasteiger partial charge < -0.3 is 5.32 Å². The summed E-state index contributed by atoms with van der Waals surface area (Å²) < 4.78 is 0. The molecule has 1 heteroatoms. The van der Waals surface area contributed by atoms with E-state index in [1.807, 2.05) is 0 Å². The second kappa shape index (κ2) is 3.97. The molecule has 1 heterocycles. The highest BCUT2D eigenvalue weighted by Gasteiger charge is 2.30. The minimum Gasteiger partial charge on any atom is -0.309 e. The maximum atomic E-state index is 3.67. The fourth-order valence-electron chi connectivity index (χ4n) is 2.25. The van der Waals surface area contributed by atoms with Crippen LogP contribution < -0.4 is 5.32 Å². The van der Waals surface area contributed by atoms with Gasteiger partial charge in [0.2, 0.25) is 0 Å². The molecule has 0 radical (unpaired) electrons. The lowest BCUT2D eigenvalue weighted by molar-refractivity contribution is 0.220. The molecule has 1 aromatic carbocycles. The van der Waals surface area contributed by atoms with Gasteiger partial charge in [0.25, 0.3) is 0 Å². The Balaban J connectivity index is 2.19. The van der Waals surface area contributed by atoms with Gasteiger partial charge in [0.1, 0.15) is 0 Å². The maximum absolute atomic E-state index is 3.67. The summed E-state index contributed by atoms with van der Waals surface area (Å²) in [5, 5.41) is 3.67. The monoisotopic (exact) mass is 203 g/mol. The highest BCUT2D eigenvalue weighted by molar-refractivity contribution is 5.30. The Morgan fingerprint density at radius 1 is 1.27 bits per heavy atom. The van der Waals surface area contributed by atoms with Crippen LogP contribution in [0.5, 0.6) is 0 Å². The highest BCUT2D eigenvalue weighted by Crippen LogP contribution is 2.30. The fraction of sp³-hybridized carbons (Fsp3) is 0.571. The minimum absolute atomic E-state index is 0.396. The summed E-state index contributed by atoms with van der Waals surface area (Å²) in [6.45, 7) is 8.03. The number of fused-ring (bicyclic) bond motifs is 1. The van der Waals surface area contributed by atoms with Crippen LogP contribution in [0.25, 0.3) is 0 Å². The molecule has 1 aromatic rings. The van der Waals surface area contributed by atoms with Gasteiger partial charge in [-0.3, -0.25) is 0 Å². The van der Waals surface area contributed by atoms with Crippen molar-refractivity contribution in [1.82, 2.24) is 5.32 Å². The summed E-state index contributed by atoms with van der Waals surface area (Å²) in [6, 6.07) is 9.41. The SMILES string of the molecule is CCC(C)(C)C1Cc2ccccc2CN1. The highest BCUT2D eigenvalue weighted by atomic mass is 14.9. The number of rotatable bonds is 2. The minimum atomic E-state index is 0.396. The topological polar surface area (TPSA) is 12.0 Å². The average molecular weight is 203 g/mol. The summed E-state index contributed by atoms with van der Waals surface area (Å²) in [4.78, 5) is 0. The molecule has 1 aliphatic heterocycles. The van der Waals surface area contributed by atoms with Crippen molar-refractivity contribution in [2.75, 3.05) is 0 Å². The summed E-state index contributed by atoms with van der Waals surface area (Å²) in [5.74, 6) is 0. The largest absolute Gasteiger partial charge is 0.309 e. The van der Waals surface area contributed by atoms with E-state index in [0.29, 0.717) is 11.5 Å². The van der Waals surface area contributed by atoms with E-state index < -0.39 is 0 Å². The normalized spacial score (nSPS) is 21.1. The van der Waals surface area contributed by atoms with Gasteiger partial charge in [-0.2, -0.15) is 0 Å². The summed E-state index contributed by atoms with van der Waals surface area (Å²) in [6.07, 6.45) is 2.41. The van der Waals surface area contributed by atoms with Crippen molar-refractivity contribution < 1.29 is 0 Å². The molecule has 1 atom stereocenters. The van der Waals surface area contributed by atoms with Crippen LogP contribution in [0.15, 0.2) is 24.3 Å². The Morgan fingerprint density at radius 2 is 1.93 bits per heavy atom. The third kappa shape index (κ3) is 2.07. The van der Waals surface area contributed by atoms with Gasteiger partial charge in [-0.25, -0.2) is 0 Å². The Bertz CT molecular complexity index is 341. The molecule has 0 aromatic heterocycles. The number of hydrogen-bond acceptors (Lipinski definition) is 1. The Morgan fingerprint density at radius 3 is 2.60 bits per heavy atom. The van der Waals surface area contributed by atoms with Crippen molar-refractivity contribution in [3.8, 4) is 0 Å². The van der Waals surface area contributed by atoms with Crippen LogP contribution in [0, 0.1) is 5.41 Å². The lowest BCUT2D eigenvalue weighted by atomic mass is 9.77. The van der Waals surface area contributed by atoms with E-state index >= 15 is 0 Å². The number of hydrogen-bond donors (Lipinski definition) is 1. The van der Waals surface area contributed by atoms with E-state index in [9.17, 15) is 0 Å². The van der Waals surface area contributed by atoms with Gasteiger partial charge in [-0.15, -0.1) is 0 Å². The summed E-state index contributed by atoms with van der Waals surface area (Å²) >= 11 is 0. The Labute approximate surface area is 92.9 Å². The quantitative estimate of drug-likeness (QED) is 0.778. The van der Waals surface area contributed by atoms with Crippen molar-refractivity contribution in [1.29, 1.82) is 0 Å². The molecule has 82 valence electrons. The zero-order valence-electron chi connectivity index (χ0n) is 10.0. The maximum Gasteiger partial charge on any atom is 0.0211 e. The fourth-order valence-corrected chi connectivity index (χ4v) is 2.25. The average Bonchev–Trinajstić information content (AvgIpc) is 2.28. The molecule has 15 heavy (non-hydrogen) atoms. The second-order valence-electron chi connectivity index (χ2n) is 5.25. The van der Waals surface area contributed by atoms with Crippen molar-refractivity contribution in [2.45, 2.75) is 46.2 Å². The van der Waals surface area contributed by atoms with E-state index in [1.54, 1.807) is 0 Å². The molecule has 1 nitrogen and oxygen atoms in total. The first-order valence-corrected chi connectivity index (χ1v) is 5.93. The molecule has 0 fully saturated rings. The standard InChI is InChI=1S/C14H21N/c1-4-14(2,3)13-9-11-7-5-6-8-12(11)10-15-13/h5-8,13,15H,4,9-10H2,1-3H3. The van der Waals surface area contributed by atoms with E-state index in [4.69, 9.17) is 0 Å². The van der Waals surface area contributed by atoms with Crippen LogP contribution in [0.3, 0.4) is 0 Å². The van der Waals surface area contributed by atoms with Crippen LogP contribution in [-0.4, -0.2) is 6.04 Å². The van der Waals surface area contributed by atoms with E-state index in [-0.39, 0.29) is 0 Å². The van der Waals surface area contributed by atoms with Gasteiger partial charge in [0.15, 0.2) is 0 Å². The molecule has 0 spiro atoms. The van der Waals surface area contributed by atoms with Gasteiger partial charge in [-0.1, -0.05) is 45.0 Å². The molecule has 1 aliphatic rings. The predicted octanol–water partition coefficient (Wildman–Crippen LogP) is 3.14. The Hall–Kier alpha value is -0.820. The first-order chi connectivity index (χ1) is 7.13.